The molecule has 0 aliphatic rings. The Morgan fingerprint density at radius 2 is 1.19 bits per heavy atom. The second kappa shape index (κ2) is 27.9. The van der Waals surface area contributed by atoms with Crippen LogP contribution < -0.4 is 5.32 Å². The van der Waals surface area contributed by atoms with Gasteiger partial charge in [-0.15, -0.1) is 0 Å². The predicted molar refractivity (Wildman–Crippen MR) is 156 cm³/mol. The molecule has 0 aromatic heterocycles. The van der Waals surface area contributed by atoms with E-state index in [1.807, 2.05) is 6.08 Å². The fraction of sp³-hybridized carbons (Fsp3) is 0.719. The first kappa shape index (κ1) is 34.4. The SMILES string of the molecule is CCC/C=C/C(O)C(CO)NC(=O)CCCCCCCC/C=C\C/C=C\C/C=C\CCCCCCC. The molecule has 208 valence electrons. The standard InChI is InChI=1S/C32H57NO3/c1-3-5-7-8-9-10-11-12-13-14-15-16-17-18-19-20-21-22-23-24-26-28-32(36)33-30(29-34)31(35)27-25-6-4-2/h11-12,14-15,17-18,25,27,30-31,34-35H,3-10,13,16,19-24,26,28-29H2,1-2H3,(H,33,36)/b12-11-,15-14-,18-17-,27-25+. The van der Waals surface area contributed by atoms with Crippen LogP contribution in [0.15, 0.2) is 48.6 Å². The van der Waals surface area contributed by atoms with Crippen molar-refractivity contribution in [3.05, 3.63) is 48.6 Å². The maximum absolute atomic E-state index is 12.1. The third kappa shape index (κ3) is 24.1. The van der Waals surface area contributed by atoms with Gasteiger partial charge >= 0.3 is 0 Å². The molecule has 0 saturated heterocycles. The first-order chi connectivity index (χ1) is 17.7. The van der Waals surface area contributed by atoms with E-state index in [0.29, 0.717) is 6.42 Å². The Morgan fingerprint density at radius 3 is 1.75 bits per heavy atom. The summed E-state index contributed by atoms with van der Waals surface area (Å²) in [7, 11) is 0. The highest BCUT2D eigenvalue weighted by atomic mass is 16.3. The number of amides is 1. The average molecular weight is 504 g/mol. The molecule has 0 saturated carbocycles. The molecule has 36 heavy (non-hydrogen) atoms. The van der Waals surface area contributed by atoms with Gasteiger partial charge in [-0.3, -0.25) is 4.79 Å². The van der Waals surface area contributed by atoms with Crippen LogP contribution in [0.4, 0.5) is 0 Å². The van der Waals surface area contributed by atoms with E-state index in [9.17, 15) is 15.0 Å². The van der Waals surface area contributed by atoms with E-state index in [-0.39, 0.29) is 12.5 Å². The molecule has 0 rings (SSSR count). The Morgan fingerprint density at radius 1 is 0.667 bits per heavy atom. The first-order valence-electron chi connectivity index (χ1n) is 14.9. The van der Waals surface area contributed by atoms with Crippen molar-refractivity contribution in [3.8, 4) is 0 Å². The third-order valence-electron chi connectivity index (χ3n) is 6.29. The van der Waals surface area contributed by atoms with Gasteiger partial charge in [-0.25, -0.2) is 0 Å². The molecule has 0 aliphatic carbocycles. The summed E-state index contributed by atoms with van der Waals surface area (Å²) in [6, 6.07) is -0.624. The number of allylic oxidation sites excluding steroid dienone is 7. The third-order valence-corrected chi connectivity index (χ3v) is 6.29. The lowest BCUT2D eigenvalue weighted by Crippen LogP contribution is -2.45. The van der Waals surface area contributed by atoms with E-state index in [1.54, 1.807) is 6.08 Å². The number of aliphatic hydroxyl groups is 2. The highest BCUT2D eigenvalue weighted by molar-refractivity contribution is 5.76. The molecule has 0 spiro atoms. The Labute approximate surface area is 223 Å². The smallest absolute Gasteiger partial charge is 0.220 e. The van der Waals surface area contributed by atoms with Crippen LogP contribution in [0, 0.1) is 0 Å². The molecule has 0 fully saturated rings. The van der Waals surface area contributed by atoms with Gasteiger partial charge in [0.15, 0.2) is 0 Å². The van der Waals surface area contributed by atoms with Gasteiger partial charge < -0.3 is 15.5 Å². The van der Waals surface area contributed by atoms with E-state index >= 15 is 0 Å². The monoisotopic (exact) mass is 503 g/mol. The van der Waals surface area contributed by atoms with Gasteiger partial charge in [0.25, 0.3) is 0 Å². The fourth-order valence-corrected chi connectivity index (χ4v) is 3.95. The van der Waals surface area contributed by atoms with E-state index in [4.69, 9.17) is 0 Å². The summed E-state index contributed by atoms with van der Waals surface area (Å²) in [5, 5.41) is 22.2. The molecule has 1 amide bonds. The van der Waals surface area contributed by atoms with Crippen LogP contribution in [-0.4, -0.2) is 34.9 Å². The predicted octanol–water partition coefficient (Wildman–Crippen LogP) is 8.11. The van der Waals surface area contributed by atoms with Gasteiger partial charge in [0.05, 0.1) is 18.8 Å². The Balaban J connectivity index is 3.57. The summed E-state index contributed by atoms with van der Waals surface area (Å²) >= 11 is 0. The topological polar surface area (TPSA) is 69.6 Å². The summed E-state index contributed by atoms with van der Waals surface area (Å²) < 4.78 is 0. The summed E-state index contributed by atoms with van der Waals surface area (Å²) in [4.78, 5) is 12.1. The van der Waals surface area contributed by atoms with Gasteiger partial charge in [0.1, 0.15) is 0 Å². The zero-order chi connectivity index (χ0) is 26.5. The summed E-state index contributed by atoms with van der Waals surface area (Å²) in [6.07, 6.45) is 36.7. The lowest BCUT2D eigenvalue weighted by molar-refractivity contribution is -0.123. The summed E-state index contributed by atoms with van der Waals surface area (Å²) in [5.74, 6) is -0.0926. The van der Waals surface area contributed by atoms with Crippen LogP contribution in [0.3, 0.4) is 0 Å². The van der Waals surface area contributed by atoms with Gasteiger partial charge in [0.2, 0.25) is 5.91 Å². The number of aliphatic hydroxyl groups excluding tert-OH is 2. The van der Waals surface area contributed by atoms with Crippen molar-refractivity contribution >= 4 is 5.91 Å². The fourth-order valence-electron chi connectivity index (χ4n) is 3.95. The number of rotatable bonds is 25. The second-order valence-corrected chi connectivity index (χ2v) is 9.81. The van der Waals surface area contributed by atoms with Crippen LogP contribution in [-0.2, 0) is 4.79 Å². The maximum atomic E-state index is 12.1. The lowest BCUT2D eigenvalue weighted by atomic mass is 10.1. The van der Waals surface area contributed by atoms with Crippen LogP contribution in [0.5, 0.6) is 0 Å². The highest BCUT2D eigenvalue weighted by Crippen LogP contribution is 2.10. The normalized spacial score (nSPS) is 14.0. The molecule has 4 heteroatoms. The number of hydrogen-bond acceptors (Lipinski definition) is 3. The van der Waals surface area contributed by atoms with E-state index in [1.165, 1.54) is 57.8 Å². The molecule has 0 heterocycles. The van der Waals surface area contributed by atoms with Gasteiger partial charge in [-0.05, 0) is 51.4 Å². The molecule has 0 aliphatic heterocycles. The summed E-state index contributed by atoms with van der Waals surface area (Å²) in [6.45, 7) is 4.07. The van der Waals surface area contributed by atoms with Gasteiger partial charge in [0, 0.05) is 6.42 Å². The van der Waals surface area contributed by atoms with E-state index < -0.39 is 12.1 Å². The number of carbonyl (C=O) groups is 1. The van der Waals surface area contributed by atoms with Crippen molar-refractivity contribution in [2.45, 2.75) is 142 Å². The zero-order valence-corrected chi connectivity index (χ0v) is 23.5. The van der Waals surface area contributed by atoms with Gasteiger partial charge in [-0.2, -0.15) is 0 Å². The largest absolute Gasteiger partial charge is 0.394 e. The second-order valence-electron chi connectivity index (χ2n) is 9.81. The van der Waals surface area contributed by atoms with Crippen LogP contribution in [0.25, 0.3) is 0 Å². The van der Waals surface area contributed by atoms with E-state index in [2.05, 4.69) is 55.6 Å². The molecule has 3 N–H and O–H groups in total. The molecule has 4 nitrogen and oxygen atoms in total. The number of carbonyl (C=O) groups excluding carboxylic acids is 1. The lowest BCUT2D eigenvalue weighted by Gasteiger charge is -2.19. The maximum Gasteiger partial charge on any atom is 0.220 e. The number of hydrogen-bond donors (Lipinski definition) is 3. The molecule has 0 aromatic rings. The Kier molecular flexibility index (Phi) is 26.6. The van der Waals surface area contributed by atoms with Crippen LogP contribution in [0.2, 0.25) is 0 Å². The van der Waals surface area contributed by atoms with E-state index in [0.717, 1.165) is 51.4 Å². The Bertz CT molecular complexity index is 594. The quantitative estimate of drug-likeness (QED) is 0.0870. The average Bonchev–Trinajstić information content (AvgIpc) is 2.88. The minimum Gasteiger partial charge on any atom is -0.394 e. The molecular weight excluding hydrogens is 446 g/mol. The minimum atomic E-state index is -0.840. The molecule has 0 bridgehead atoms. The highest BCUT2D eigenvalue weighted by Gasteiger charge is 2.17. The first-order valence-corrected chi connectivity index (χ1v) is 14.9. The zero-order valence-electron chi connectivity index (χ0n) is 23.5. The molecule has 0 radical (unpaired) electrons. The summed E-state index contributed by atoms with van der Waals surface area (Å²) in [5.41, 5.74) is 0. The van der Waals surface area contributed by atoms with Crippen molar-refractivity contribution in [3.63, 3.8) is 0 Å². The van der Waals surface area contributed by atoms with Crippen LogP contribution >= 0.6 is 0 Å². The molecule has 2 atom stereocenters. The molecule has 0 aromatic carbocycles. The minimum absolute atomic E-state index is 0.0926. The van der Waals surface area contributed by atoms with Crippen molar-refractivity contribution in [2.24, 2.45) is 0 Å². The van der Waals surface area contributed by atoms with Crippen molar-refractivity contribution in [1.29, 1.82) is 0 Å². The van der Waals surface area contributed by atoms with Crippen LogP contribution in [0.1, 0.15) is 129 Å². The van der Waals surface area contributed by atoms with Crippen molar-refractivity contribution in [2.75, 3.05) is 6.61 Å². The van der Waals surface area contributed by atoms with Gasteiger partial charge in [-0.1, -0.05) is 120 Å². The number of nitrogens with one attached hydrogen (secondary N) is 1. The van der Waals surface area contributed by atoms with Crippen molar-refractivity contribution < 1.29 is 15.0 Å². The Hall–Kier alpha value is -1.65. The number of unbranched alkanes of at least 4 members (excludes halogenated alkanes) is 12. The van der Waals surface area contributed by atoms with Crippen molar-refractivity contribution in [1.82, 2.24) is 5.32 Å². The molecule has 2 unspecified atom stereocenters. The molecular formula is C32H57NO3.